The Labute approximate surface area is 121 Å². The van der Waals surface area contributed by atoms with Crippen LogP contribution in [0.25, 0.3) is 0 Å². The summed E-state index contributed by atoms with van der Waals surface area (Å²) in [5.74, 6) is -0.251. The second kappa shape index (κ2) is 6.18. The van der Waals surface area contributed by atoms with Crippen LogP contribution in [0.4, 0.5) is 13.2 Å². The molecule has 2 rings (SSSR count). The van der Waals surface area contributed by atoms with E-state index < -0.39 is 6.36 Å². The number of alkyl halides is 3. The zero-order valence-electron chi connectivity index (χ0n) is 11.5. The Kier molecular flexibility index (Phi) is 4.53. The van der Waals surface area contributed by atoms with Gasteiger partial charge in [0.05, 0.1) is 0 Å². The second-order valence-electron chi connectivity index (χ2n) is 4.92. The number of hydrogen-bond acceptors (Lipinski definition) is 2. The van der Waals surface area contributed by atoms with E-state index in [1.807, 2.05) is 31.2 Å². The molecule has 0 aliphatic carbocycles. The standard InChI is InChI=1S/C16H16F3NO/c1-11-5-7-12(8-6-11)9-15(20)13-3-2-4-14(10-13)21-16(17,18)19/h2-8,10,15H,9,20H2,1H3. The lowest BCUT2D eigenvalue weighted by Gasteiger charge is -2.15. The highest BCUT2D eigenvalue weighted by Crippen LogP contribution is 2.26. The van der Waals surface area contributed by atoms with Crippen molar-refractivity contribution in [2.75, 3.05) is 0 Å². The molecule has 0 fully saturated rings. The summed E-state index contributed by atoms with van der Waals surface area (Å²) in [6.45, 7) is 1.99. The van der Waals surface area contributed by atoms with Gasteiger partial charge in [0.1, 0.15) is 5.75 Å². The molecule has 0 amide bonds. The van der Waals surface area contributed by atoms with Crippen LogP contribution in [0.15, 0.2) is 48.5 Å². The minimum Gasteiger partial charge on any atom is -0.406 e. The molecule has 1 unspecified atom stereocenters. The number of aryl methyl sites for hydroxylation is 1. The quantitative estimate of drug-likeness (QED) is 0.920. The van der Waals surface area contributed by atoms with Crippen LogP contribution in [0.1, 0.15) is 22.7 Å². The summed E-state index contributed by atoms with van der Waals surface area (Å²) in [4.78, 5) is 0. The van der Waals surface area contributed by atoms with Crippen LogP contribution in [0.2, 0.25) is 0 Å². The molecule has 5 heteroatoms. The predicted octanol–water partition coefficient (Wildman–Crippen LogP) is 4.14. The van der Waals surface area contributed by atoms with Crippen LogP contribution in [-0.4, -0.2) is 6.36 Å². The van der Waals surface area contributed by atoms with Gasteiger partial charge in [-0.2, -0.15) is 0 Å². The van der Waals surface area contributed by atoms with Crippen LogP contribution < -0.4 is 10.5 Å². The third kappa shape index (κ3) is 4.79. The highest BCUT2D eigenvalue weighted by atomic mass is 19.4. The van der Waals surface area contributed by atoms with Gasteiger partial charge in [0.2, 0.25) is 0 Å². The summed E-state index contributed by atoms with van der Waals surface area (Å²) in [6.07, 6.45) is -4.14. The second-order valence-corrected chi connectivity index (χ2v) is 4.92. The lowest BCUT2D eigenvalue weighted by atomic mass is 9.99. The maximum Gasteiger partial charge on any atom is 0.573 e. The molecule has 21 heavy (non-hydrogen) atoms. The van der Waals surface area contributed by atoms with Crippen LogP contribution >= 0.6 is 0 Å². The van der Waals surface area contributed by atoms with E-state index in [0.29, 0.717) is 12.0 Å². The van der Waals surface area contributed by atoms with Crippen LogP contribution in [0, 0.1) is 6.92 Å². The normalized spacial score (nSPS) is 13.0. The van der Waals surface area contributed by atoms with Gasteiger partial charge in [0, 0.05) is 6.04 Å². The van der Waals surface area contributed by atoms with Crippen molar-refractivity contribution in [1.29, 1.82) is 0 Å². The number of hydrogen-bond donors (Lipinski definition) is 1. The van der Waals surface area contributed by atoms with Crippen molar-refractivity contribution >= 4 is 0 Å². The Bertz CT molecular complexity index is 593. The third-order valence-corrected chi connectivity index (χ3v) is 3.10. The van der Waals surface area contributed by atoms with Gasteiger partial charge in [-0.3, -0.25) is 0 Å². The van der Waals surface area contributed by atoms with Crippen molar-refractivity contribution in [3.63, 3.8) is 0 Å². The smallest absolute Gasteiger partial charge is 0.406 e. The topological polar surface area (TPSA) is 35.2 Å². The molecular formula is C16H16F3NO. The van der Waals surface area contributed by atoms with Gasteiger partial charge in [-0.15, -0.1) is 13.2 Å². The summed E-state index contributed by atoms with van der Waals surface area (Å²) in [6, 6.07) is 13.3. The first-order valence-electron chi connectivity index (χ1n) is 6.50. The van der Waals surface area contributed by atoms with Crippen LogP contribution in [0.3, 0.4) is 0 Å². The molecule has 0 aliphatic rings. The van der Waals surface area contributed by atoms with E-state index in [9.17, 15) is 13.2 Å². The zero-order valence-corrected chi connectivity index (χ0v) is 11.5. The van der Waals surface area contributed by atoms with E-state index in [0.717, 1.165) is 11.1 Å². The molecule has 0 heterocycles. The fourth-order valence-electron chi connectivity index (χ4n) is 2.04. The molecule has 0 saturated carbocycles. The largest absolute Gasteiger partial charge is 0.573 e. The van der Waals surface area contributed by atoms with Gasteiger partial charge in [-0.25, -0.2) is 0 Å². The third-order valence-electron chi connectivity index (χ3n) is 3.10. The van der Waals surface area contributed by atoms with E-state index in [1.165, 1.54) is 18.2 Å². The van der Waals surface area contributed by atoms with Gasteiger partial charge in [-0.1, -0.05) is 42.0 Å². The number of halogens is 3. The molecule has 112 valence electrons. The van der Waals surface area contributed by atoms with E-state index >= 15 is 0 Å². The Balaban J connectivity index is 2.10. The lowest BCUT2D eigenvalue weighted by molar-refractivity contribution is -0.274. The van der Waals surface area contributed by atoms with Crippen molar-refractivity contribution in [3.8, 4) is 5.75 Å². The molecule has 0 radical (unpaired) electrons. The Hall–Kier alpha value is -2.01. The minimum atomic E-state index is -4.69. The average Bonchev–Trinajstić information content (AvgIpc) is 2.40. The SMILES string of the molecule is Cc1ccc(CC(N)c2cccc(OC(F)(F)F)c2)cc1. The fourth-order valence-corrected chi connectivity index (χ4v) is 2.04. The molecule has 0 aromatic heterocycles. The lowest BCUT2D eigenvalue weighted by Crippen LogP contribution is -2.18. The molecule has 0 bridgehead atoms. The molecular weight excluding hydrogens is 279 g/mol. The van der Waals surface area contributed by atoms with Crippen LogP contribution in [0.5, 0.6) is 5.75 Å². The Morgan fingerprint density at radius 1 is 1.10 bits per heavy atom. The average molecular weight is 295 g/mol. The molecule has 1 atom stereocenters. The van der Waals surface area contributed by atoms with Gasteiger partial charge in [0.25, 0.3) is 0 Å². The Morgan fingerprint density at radius 3 is 2.38 bits per heavy atom. The highest BCUT2D eigenvalue weighted by Gasteiger charge is 2.31. The summed E-state index contributed by atoms with van der Waals surface area (Å²) in [7, 11) is 0. The zero-order chi connectivity index (χ0) is 15.5. The monoisotopic (exact) mass is 295 g/mol. The van der Waals surface area contributed by atoms with Crippen molar-refractivity contribution < 1.29 is 17.9 Å². The Morgan fingerprint density at radius 2 is 1.76 bits per heavy atom. The fraction of sp³-hybridized carbons (Fsp3) is 0.250. The molecule has 0 saturated heterocycles. The van der Waals surface area contributed by atoms with E-state index in [1.54, 1.807) is 6.07 Å². The molecule has 2 N–H and O–H groups in total. The number of rotatable bonds is 4. The van der Waals surface area contributed by atoms with Gasteiger partial charge >= 0.3 is 6.36 Å². The first-order valence-corrected chi connectivity index (χ1v) is 6.50. The van der Waals surface area contributed by atoms with E-state index in [-0.39, 0.29) is 11.8 Å². The number of nitrogens with two attached hydrogens (primary N) is 1. The summed E-state index contributed by atoms with van der Waals surface area (Å²) >= 11 is 0. The summed E-state index contributed by atoms with van der Waals surface area (Å²) in [5, 5.41) is 0. The van der Waals surface area contributed by atoms with Crippen molar-refractivity contribution in [2.24, 2.45) is 5.73 Å². The molecule has 2 aromatic carbocycles. The first-order chi connectivity index (χ1) is 9.83. The predicted molar refractivity (Wildman–Crippen MR) is 74.9 cm³/mol. The highest BCUT2D eigenvalue weighted by molar-refractivity contribution is 5.32. The molecule has 0 aliphatic heterocycles. The number of ether oxygens (including phenoxy) is 1. The first kappa shape index (κ1) is 15.4. The van der Waals surface area contributed by atoms with Crippen molar-refractivity contribution in [3.05, 3.63) is 65.2 Å². The van der Waals surface area contributed by atoms with Gasteiger partial charge < -0.3 is 10.5 Å². The molecule has 2 nitrogen and oxygen atoms in total. The van der Waals surface area contributed by atoms with Crippen molar-refractivity contribution in [1.82, 2.24) is 0 Å². The van der Waals surface area contributed by atoms with Gasteiger partial charge in [0.15, 0.2) is 0 Å². The number of benzene rings is 2. The van der Waals surface area contributed by atoms with Gasteiger partial charge in [-0.05, 0) is 36.6 Å². The summed E-state index contributed by atoms with van der Waals surface area (Å²) in [5.41, 5.74) is 8.85. The minimum absolute atomic E-state index is 0.251. The molecule has 2 aromatic rings. The van der Waals surface area contributed by atoms with E-state index in [4.69, 9.17) is 5.73 Å². The summed E-state index contributed by atoms with van der Waals surface area (Å²) < 4.78 is 40.5. The van der Waals surface area contributed by atoms with Crippen LogP contribution in [-0.2, 0) is 6.42 Å². The van der Waals surface area contributed by atoms with E-state index in [2.05, 4.69) is 4.74 Å². The molecule has 0 spiro atoms. The maximum absolute atomic E-state index is 12.2. The maximum atomic E-state index is 12.2. The van der Waals surface area contributed by atoms with Crippen molar-refractivity contribution in [2.45, 2.75) is 25.7 Å².